The number of anilines is 1. The molecule has 3 aromatic carbocycles. The first-order valence-electron chi connectivity index (χ1n) is 11.8. The maximum absolute atomic E-state index is 14.9. The number of rotatable bonds is 9. The molecular formula is C26H24F2N6O4S. The topological polar surface area (TPSA) is 124 Å². The molecule has 0 aliphatic heterocycles. The number of nitrogens with zero attached hydrogens (tertiary/aromatic N) is 5. The number of benzene rings is 3. The first-order chi connectivity index (χ1) is 18.6. The molecule has 202 valence electrons. The molecule has 0 fully saturated rings. The van der Waals surface area contributed by atoms with Crippen molar-refractivity contribution < 1.29 is 27.0 Å². The van der Waals surface area contributed by atoms with Gasteiger partial charge in [0.1, 0.15) is 35.6 Å². The standard InChI is InChI=1S/C26H24F2N6O4S/c1-17(26(35,14-33-16-29-15-31-33)23-9-3-19(27)12-24(23)28)34-25-10-4-20(11-18(25)13-30-34)32-39(36,37)22-7-5-21(38-2)6-8-22/h3-13,15-17,32,35H,14H2,1-2H3/t17-,26-/m1/s1. The zero-order chi connectivity index (χ0) is 27.8. The van der Waals surface area contributed by atoms with Crippen LogP contribution in [0.25, 0.3) is 10.9 Å². The quantitative estimate of drug-likeness (QED) is 0.284. The van der Waals surface area contributed by atoms with Gasteiger partial charge in [0.2, 0.25) is 0 Å². The molecule has 10 nitrogen and oxygen atoms in total. The lowest BCUT2D eigenvalue weighted by Gasteiger charge is -2.35. The average Bonchev–Trinajstić information content (AvgIpc) is 3.57. The zero-order valence-electron chi connectivity index (χ0n) is 20.9. The molecular weight excluding hydrogens is 530 g/mol. The third kappa shape index (κ3) is 5.05. The van der Waals surface area contributed by atoms with Gasteiger partial charge in [0.05, 0.1) is 36.3 Å². The summed E-state index contributed by atoms with van der Waals surface area (Å²) in [5.74, 6) is -1.17. The first kappa shape index (κ1) is 26.3. The Kier molecular flexibility index (Phi) is 6.78. The van der Waals surface area contributed by atoms with E-state index < -0.39 is 33.3 Å². The number of fused-ring (bicyclic) bond motifs is 1. The van der Waals surface area contributed by atoms with Crippen LogP contribution in [0.1, 0.15) is 18.5 Å². The molecule has 13 heteroatoms. The van der Waals surface area contributed by atoms with Gasteiger partial charge in [0.15, 0.2) is 0 Å². The van der Waals surface area contributed by atoms with E-state index in [-0.39, 0.29) is 17.0 Å². The fourth-order valence-corrected chi connectivity index (χ4v) is 5.49. The fourth-order valence-electron chi connectivity index (χ4n) is 4.44. The second kappa shape index (κ2) is 10.1. The Balaban J connectivity index is 1.49. The van der Waals surface area contributed by atoms with Crippen LogP contribution in [0.3, 0.4) is 0 Å². The third-order valence-corrected chi connectivity index (χ3v) is 7.94. The summed E-state index contributed by atoms with van der Waals surface area (Å²) in [4.78, 5) is 3.94. The highest BCUT2D eigenvalue weighted by atomic mass is 32.2. The van der Waals surface area contributed by atoms with E-state index in [9.17, 15) is 22.3 Å². The Labute approximate surface area is 222 Å². The number of sulfonamides is 1. The Hall–Kier alpha value is -4.36. The van der Waals surface area contributed by atoms with Crippen LogP contribution in [0.2, 0.25) is 0 Å². The maximum Gasteiger partial charge on any atom is 0.261 e. The lowest BCUT2D eigenvalue weighted by molar-refractivity contribution is -0.0354. The average molecular weight is 555 g/mol. The molecule has 5 rings (SSSR count). The molecule has 0 radical (unpaired) electrons. The van der Waals surface area contributed by atoms with Crippen molar-refractivity contribution in [1.82, 2.24) is 24.5 Å². The summed E-state index contributed by atoms with van der Waals surface area (Å²) in [5, 5.41) is 20.9. The highest BCUT2D eigenvalue weighted by molar-refractivity contribution is 7.92. The number of methoxy groups -OCH3 is 1. The number of aromatic nitrogens is 5. The SMILES string of the molecule is COc1ccc(S(=O)(=O)Nc2ccc3c(cnn3[C@H](C)[C@](O)(Cn3cncn3)c3ccc(F)cc3F)c2)cc1. The van der Waals surface area contributed by atoms with Crippen LogP contribution in [-0.2, 0) is 22.2 Å². The number of halogens is 2. The number of hydrogen-bond donors (Lipinski definition) is 2. The Morgan fingerprint density at radius 3 is 2.51 bits per heavy atom. The lowest BCUT2D eigenvalue weighted by atomic mass is 9.86. The summed E-state index contributed by atoms with van der Waals surface area (Å²) >= 11 is 0. The molecule has 0 aliphatic rings. The summed E-state index contributed by atoms with van der Waals surface area (Å²) in [6.07, 6.45) is 4.17. The molecule has 0 saturated heterocycles. The zero-order valence-corrected chi connectivity index (χ0v) is 21.7. The summed E-state index contributed by atoms with van der Waals surface area (Å²) in [6.45, 7) is 1.45. The van der Waals surface area contributed by atoms with Crippen LogP contribution in [0.15, 0.2) is 84.4 Å². The largest absolute Gasteiger partial charge is 0.497 e. The minimum atomic E-state index is -3.87. The van der Waals surface area contributed by atoms with Gasteiger partial charge in [-0.25, -0.2) is 26.9 Å². The summed E-state index contributed by atoms with van der Waals surface area (Å²) in [6, 6.07) is 12.9. The minimum Gasteiger partial charge on any atom is -0.497 e. The van der Waals surface area contributed by atoms with Gasteiger partial charge in [-0.05, 0) is 55.5 Å². The van der Waals surface area contributed by atoms with E-state index in [4.69, 9.17) is 4.74 Å². The lowest BCUT2D eigenvalue weighted by Crippen LogP contribution is -2.41. The van der Waals surface area contributed by atoms with Gasteiger partial charge in [-0.1, -0.05) is 6.07 Å². The minimum absolute atomic E-state index is 0.0622. The molecule has 0 amide bonds. The van der Waals surface area contributed by atoms with Crippen LogP contribution >= 0.6 is 0 Å². The Morgan fingerprint density at radius 1 is 1.08 bits per heavy atom. The molecule has 39 heavy (non-hydrogen) atoms. The Morgan fingerprint density at radius 2 is 1.85 bits per heavy atom. The summed E-state index contributed by atoms with van der Waals surface area (Å²) in [5.41, 5.74) is -1.21. The van der Waals surface area contributed by atoms with Crippen molar-refractivity contribution in [3.63, 3.8) is 0 Å². The number of nitrogens with one attached hydrogen (secondary N) is 1. The van der Waals surface area contributed by atoms with Gasteiger partial charge in [0, 0.05) is 22.7 Å². The van der Waals surface area contributed by atoms with Crippen molar-refractivity contribution in [2.75, 3.05) is 11.8 Å². The van der Waals surface area contributed by atoms with Crippen LogP contribution < -0.4 is 9.46 Å². The van der Waals surface area contributed by atoms with E-state index in [1.165, 1.54) is 53.5 Å². The van der Waals surface area contributed by atoms with Crippen LogP contribution in [0.5, 0.6) is 5.75 Å². The number of hydrogen-bond acceptors (Lipinski definition) is 7. The van der Waals surface area contributed by atoms with Crippen molar-refractivity contribution in [3.05, 3.63) is 96.7 Å². The fraction of sp³-hybridized carbons (Fsp3) is 0.192. The van der Waals surface area contributed by atoms with Gasteiger partial charge < -0.3 is 9.84 Å². The highest BCUT2D eigenvalue weighted by Crippen LogP contribution is 2.38. The van der Waals surface area contributed by atoms with Gasteiger partial charge >= 0.3 is 0 Å². The maximum atomic E-state index is 14.9. The monoisotopic (exact) mass is 554 g/mol. The summed E-state index contributed by atoms with van der Waals surface area (Å²) in [7, 11) is -2.38. The molecule has 0 bridgehead atoms. The molecule has 0 aliphatic carbocycles. The van der Waals surface area contributed by atoms with Crippen LogP contribution in [-0.4, -0.2) is 45.2 Å². The molecule has 0 saturated carbocycles. The second-order valence-corrected chi connectivity index (χ2v) is 10.6. The molecule has 5 aromatic rings. The van der Waals surface area contributed by atoms with Crippen LogP contribution in [0.4, 0.5) is 14.5 Å². The molecule has 0 unspecified atom stereocenters. The summed E-state index contributed by atoms with van der Waals surface area (Å²) < 4.78 is 64.8. The van der Waals surface area contributed by atoms with Crippen molar-refractivity contribution >= 4 is 26.6 Å². The normalized spacial score (nSPS) is 14.2. The van der Waals surface area contributed by atoms with E-state index >= 15 is 0 Å². The highest BCUT2D eigenvalue weighted by Gasteiger charge is 2.41. The molecule has 2 N–H and O–H groups in total. The number of aliphatic hydroxyl groups is 1. The number of ether oxygens (including phenoxy) is 1. The van der Waals surface area contributed by atoms with E-state index in [0.29, 0.717) is 28.4 Å². The van der Waals surface area contributed by atoms with Crippen molar-refractivity contribution in [2.45, 2.75) is 30.0 Å². The van der Waals surface area contributed by atoms with E-state index in [1.807, 2.05) is 0 Å². The van der Waals surface area contributed by atoms with Crippen LogP contribution in [0, 0.1) is 11.6 Å². The predicted octanol–water partition coefficient (Wildman–Crippen LogP) is 3.86. The second-order valence-electron chi connectivity index (χ2n) is 8.96. The molecule has 2 aromatic heterocycles. The van der Waals surface area contributed by atoms with Crippen molar-refractivity contribution in [3.8, 4) is 5.75 Å². The van der Waals surface area contributed by atoms with E-state index in [1.54, 1.807) is 37.3 Å². The first-order valence-corrected chi connectivity index (χ1v) is 13.2. The Bertz CT molecular complexity index is 1730. The van der Waals surface area contributed by atoms with E-state index in [2.05, 4.69) is 19.9 Å². The molecule has 2 atom stereocenters. The van der Waals surface area contributed by atoms with E-state index in [0.717, 1.165) is 6.07 Å². The van der Waals surface area contributed by atoms with Gasteiger partial charge in [0.25, 0.3) is 10.0 Å². The molecule has 0 spiro atoms. The van der Waals surface area contributed by atoms with Gasteiger partial charge in [-0.15, -0.1) is 0 Å². The smallest absolute Gasteiger partial charge is 0.261 e. The van der Waals surface area contributed by atoms with Gasteiger partial charge in [-0.3, -0.25) is 9.40 Å². The van der Waals surface area contributed by atoms with Crippen molar-refractivity contribution in [1.29, 1.82) is 0 Å². The third-order valence-electron chi connectivity index (χ3n) is 6.54. The predicted molar refractivity (Wildman–Crippen MR) is 139 cm³/mol. The van der Waals surface area contributed by atoms with Crippen molar-refractivity contribution in [2.24, 2.45) is 0 Å². The van der Waals surface area contributed by atoms with Gasteiger partial charge in [-0.2, -0.15) is 10.2 Å². The molecule has 2 heterocycles.